The summed E-state index contributed by atoms with van der Waals surface area (Å²) in [6.07, 6.45) is -0.284. The minimum Gasteiger partial charge on any atom is -0.444 e. The minimum atomic E-state index is -0.497. The second-order valence-electron chi connectivity index (χ2n) is 7.72. The van der Waals surface area contributed by atoms with Gasteiger partial charge in [0.05, 0.1) is 5.69 Å². The normalized spacial score (nSPS) is 18.3. The van der Waals surface area contributed by atoms with Gasteiger partial charge in [-0.2, -0.15) is 5.10 Å². The van der Waals surface area contributed by atoms with E-state index in [1.54, 1.807) is 14.5 Å². The first-order chi connectivity index (χ1) is 12.2. The van der Waals surface area contributed by atoms with Gasteiger partial charge in [0, 0.05) is 46.3 Å². The fourth-order valence-corrected chi connectivity index (χ4v) is 3.22. The first-order valence-electron chi connectivity index (χ1n) is 8.99. The monoisotopic (exact) mass is 364 g/mol. The molecule has 26 heavy (non-hydrogen) atoms. The van der Waals surface area contributed by atoms with E-state index >= 15 is 0 Å². The zero-order valence-corrected chi connectivity index (χ0v) is 16.2. The van der Waals surface area contributed by atoms with Crippen molar-refractivity contribution >= 4 is 23.6 Å². The second-order valence-corrected chi connectivity index (χ2v) is 7.72. The van der Waals surface area contributed by atoms with Gasteiger partial charge in [-0.3, -0.25) is 9.58 Å². The van der Waals surface area contributed by atoms with Crippen LogP contribution in [0.1, 0.15) is 26.5 Å². The molecule has 3 amide bonds. The van der Waals surface area contributed by atoms with Crippen LogP contribution in [0.15, 0.2) is 0 Å². The molecule has 3 rings (SSSR count). The molecular weight excluding hydrogens is 336 g/mol. The quantitative estimate of drug-likeness (QED) is 0.856. The van der Waals surface area contributed by atoms with Crippen LogP contribution >= 0.6 is 0 Å². The lowest BCUT2D eigenvalue weighted by molar-refractivity contribution is 0.0240. The number of aryl methyl sites for hydroxylation is 1. The molecule has 0 atom stereocenters. The molecular formula is C17H28N6O3. The molecule has 0 bridgehead atoms. The number of hydrogen-bond acceptors (Lipinski definition) is 5. The lowest BCUT2D eigenvalue weighted by atomic mass is 10.2. The van der Waals surface area contributed by atoms with Gasteiger partial charge in [-0.25, -0.2) is 9.59 Å². The van der Waals surface area contributed by atoms with E-state index < -0.39 is 5.60 Å². The summed E-state index contributed by atoms with van der Waals surface area (Å²) in [5.41, 5.74) is 1.31. The van der Waals surface area contributed by atoms with Gasteiger partial charge in [0.2, 0.25) is 0 Å². The van der Waals surface area contributed by atoms with E-state index in [9.17, 15) is 9.59 Å². The highest BCUT2D eigenvalue weighted by Crippen LogP contribution is 2.33. The van der Waals surface area contributed by atoms with Crippen molar-refractivity contribution in [3.63, 3.8) is 0 Å². The predicted octanol–water partition coefficient (Wildman–Crippen LogP) is 1.32. The molecule has 3 heterocycles. The standard InChI is InChI=1S/C17H28N6O3/c1-12-13(23-7-6-18-15(23)24)14(19-20(12)5)21-8-10-22(11-9-21)16(25)26-17(2,3)4/h6-11H2,1-5H3,(H,18,24). The first-order valence-corrected chi connectivity index (χ1v) is 8.99. The molecule has 2 fully saturated rings. The Kier molecular flexibility index (Phi) is 4.72. The Bertz CT molecular complexity index is 700. The topological polar surface area (TPSA) is 82.9 Å². The van der Waals surface area contributed by atoms with Gasteiger partial charge in [-0.15, -0.1) is 0 Å². The van der Waals surface area contributed by atoms with Crippen LogP contribution in [0.3, 0.4) is 0 Å². The number of amides is 3. The number of nitrogens with zero attached hydrogens (tertiary/aromatic N) is 5. The molecule has 0 aromatic carbocycles. The molecule has 0 aliphatic carbocycles. The highest BCUT2D eigenvalue weighted by Gasteiger charge is 2.33. The third-order valence-corrected chi connectivity index (χ3v) is 4.64. The molecule has 2 saturated heterocycles. The molecule has 9 nitrogen and oxygen atoms in total. The van der Waals surface area contributed by atoms with Crippen molar-refractivity contribution in [3.8, 4) is 0 Å². The largest absolute Gasteiger partial charge is 0.444 e. The number of nitrogens with one attached hydrogen (secondary N) is 1. The summed E-state index contributed by atoms with van der Waals surface area (Å²) < 4.78 is 7.25. The lowest BCUT2D eigenvalue weighted by Crippen LogP contribution is -2.50. The van der Waals surface area contributed by atoms with Gasteiger partial charge >= 0.3 is 12.1 Å². The lowest BCUT2D eigenvalue weighted by Gasteiger charge is -2.36. The second kappa shape index (κ2) is 6.69. The van der Waals surface area contributed by atoms with Crippen molar-refractivity contribution in [2.45, 2.75) is 33.3 Å². The van der Waals surface area contributed by atoms with E-state index in [0.717, 1.165) is 17.2 Å². The summed E-state index contributed by atoms with van der Waals surface area (Å²) in [5, 5.41) is 7.47. The van der Waals surface area contributed by atoms with Crippen molar-refractivity contribution in [2.75, 3.05) is 49.1 Å². The zero-order valence-electron chi connectivity index (χ0n) is 16.2. The SMILES string of the molecule is Cc1c(N2CCNC2=O)c(N2CCN(C(=O)OC(C)(C)C)CC2)nn1C. The molecule has 2 aliphatic rings. The molecule has 0 radical (unpaired) electrons. The first kappa shape index (κ1) is 18.3. The highest BCUT2D eigenvalue weighted by molar-refractivity contribution is 5.97. The van der Waals surface area contributed by atoms with Gasteiger partial charge < -0.3 is 19.9 Å². The molecule has 1 N–H and O–H groups in total. The van der Waals surface area contributed by atoms with E-state index in [1.165, 1.54) is 0 Å². The molecule has 1 aromatic heterocycles. The van der Waals surface area contributed by atoms with Crippen LogP contribution in [-0.4, -0.2) is 71.7 Å². The highest BCUT2D eigenvalue weighted by atomic mass is 16.6. The summed E-state index contributed by atoms with van der Waals surface area (Å²) in [6, 6.07) is -0.0882. The van der Waals surface area contributed by atoms with Crippen molar-refractivity contribution in [3.05, 3.63) is 5.69 Å². The van der Waals surface area contributed by atoms with E-state index in [-0.39, 0.29) is 12.1 Å². The predicted molar refractivity (Wildman–Crippen MR) is 98.7 cm³/mol. The Morgan fingerprint density at radius 2 is 1.81 bits per heavy atom. The number of carbonyl (C=O) groups is 2. The number of aromatic nitrogens is 2. The third kappa shape index (κ3) is 3.56. The zero-order chi connectivity index (χ0) is 19.1. The molecule has 0 saturated carbocycles. The van der Waals surface area contributed by atoms with Gasteiger partial charge in [-0.1, -0.05) is 0 Å². The number of piperazine rings is 1. The summed E-state index contributed by atoms with van der Waals surface area (Å²) in [6.45, 7) is 11.3. The smallest absolute Gasteiger partial charge is 0.410 e. The number of carbonyl (C=O) groups excluding carboxylic acids is 2. The number of ether oxygens (including phenoxy) is 1. The number of rotatable bonds is 2. The van der Waals surface area contributed by atoms with Gasteiger partial charge in [0.15, 0.2) is 5.82 Å². The molecule has 0 unspecified atom stereocenters. The van der Waals surface area contributed by atoms with Crippen LogP contribution < -0.4 is 15.1 Å². The average Bonchev–Trinajstić information content (AvgIpc) is 3.10. The van der Waals surface area contributed by atoms with Crippen LogP contribution in [0.25, 0.3) is 0 Å². The Hall–Kier alpha value is -2.45. The molecule has 0 spiro atoms. The maximum atomic E-state index is 12.2. The van der Waals surface area contributed by atoms with Crippen molar-refractivity contribution in [1.82, 2.24) is 20.0 Å². The average molecular weight is 364 g/mol. The van der Waals surface area contributed by atoms with Crippen LogP contribution in [0.2, 0.25) is 0 Å². The van der Waals surface area contributed by atoms with E-state index in [4.69, 9.17) is 4.74 Å². The van der Waals surface area contributed by atoms with Gasteiger partial charge in [-0.05, 0) is 27.7 Å². The van der Waals surface area contributed by atoms with Crippen LogP contribution in [-0.2, 0) is 11.8 Å². The van der Waals surface area contributed by atoms with Crippen molar-refractivity contribution in [1.29, 1.82) is 0 Å². The Balaban J connectivity index is 1.73. The Morgan fingerprint density at radius 1 is 1.15 bits per heavy atom. The molecule has 144 valence electrons. The number of urea groups is 1. The Morgan fingerprint density at radius 3 is 2.35 bits per heavy atom. The summed E-state index contributed by atoms with van der Waals surface area (Å²) >= 11 is 0. The van der Waals surface area contributed by atoms with E-state index in [0.29, 0.717) is 39.3 Å². The van der Waals surface area contributed by atoms with Crippen molar-refractivity contribution in [2.24, 2.45) is 7.05 Å². The van der Waals surface area contributed by atoms with Crippen LogP contribution in [0.5, 0.6) is 0 Å². The maximum absolute atomic E-state index is 12.2. The van der Waals surface area contributed by atoms with Gasteiger partial charge in [0.1, 0.15) is 11.3 Å². The molecule has 2 aliphatic heterocycles. The van der Waals surface area contributed by atoms with E-state index in [2.05, 4.69) is 15.3 Å². The number of hydrogen-bond donors (Lipinski definition) is 1. The summed E-state index contributed by atoms with van der Waals surface area (Å²) in [4.78, 5) is 30.0. The molecule has 9 heteroatoms. The van der Waals surface area contributed by atoms with Crippen LogP contribution in [0, 0.1) is 6.92 Å². The van der Waals surface area contributed by atoms with Crippen molar-refractivity contribution < 1.29 is 14.3 Å². The fraction of sp³-hybridized carbons (Fsp3) is 0.706. The maximum Gasteiger partial charge on any atom is 0.410 e. The third-order valence-electron chi connectivity index (χ3n) is 4.64. The minimum absolute atomic E-state index is 0.0882. The van der Waals surface area contributed by atoms with Gasteiger partial charge in [0.25, 0.3) is 0 Å². The fourth-order valence-electron chi connectivity index (χ4n) is 3.22. The molecule has 1 aromatic rings. The summed E-state index contributed by atoms with van der Waals surface area (Å²) in [5.74, 6) is 0.797. The van der Waals surface area contributed by atoms with E-state index in [1.807, 2.05) is 34.7 Å². The summed E-state index contributed by atoms with van der Waals surface area (Å²) in [7, 11) is 1.88. The number of anilines is 2. The Labute approximate surface area is 153 Å². The van der Waals surface area contributed by atoms with Crippen LogP contribution in [0.4, 0.5) is 21.1 Å².